The Labute approximate surface area is 152 Å². The Bertz CT molecular complexity index is 737. The number of carbonyl (C=O) groups excluding carboxylic acids is 2. The Morgan fingerprint density at radius 2 is 2.04 bits per heavy atom. The second-order valence-electron chi connectivity index (χ2n) is 6.40. The summed E-state index contributed by atoms with van der Waals surface area (Å²) in [6.07, 6.45) is 4.32. The number of halogens is 1. The van der Waals surface area contributed by atoms with E-state index in [1.165, 1.54) is 12.5 Å². The molecule has 5 nitrogen and oxygen atoms in total. The molecule has 2 aromatic rings. The Balaban J connectivity index is 1.53. The van der Waals surface area contributed by atoms with E-state index in [-0.39, 0.29) is 17.7 Å². The zero-order chi connectivity index (χ0) is 17.8. The molecule has 0 atom stereocenters. The van der Waals surface area contributed by atoms with Gasteiger partial charge in [-0.3, -0.25) is 9.59 Å². The van der Waals surface area contributed by atoms with Crippen LogP contribution in [0.15, 0.2) is 47.3 Å². The number of nitrogens with zero attached hydrogens (tertiary/aromatic N) is 2. The number of rotatable bonds is 4. The summed E-state index contributed by atoms with van der Waals surface area (Å²) in [4.78, 5) is 28.5. The van der Waals surface area contributed by atoms with Crippen LogP contribution in [0.3, 0.4) is 0 Å². The first-order valence-electron chi connectivity index (χ1n) is 8.35. The molecule has 0 spiro atoms. The van der Waals surface area contributed by atoms with Crippen molar-refractivity contribution < 1.29 is 14.0 Å². The fourth-order valence-corrected chi connectivity index (χ4v) is 3.41. The normalized spacial score (nSPS) is 15.2. The van der Waals surface area contributed by atoms with Crippen molar-refractivity contribution >= 4 is 23.4 Å². The van der Waals surface area contributed by atoms with Crippen LogP contribution in [-0.4, -0.2) is 41.8 Å². The largest absolute Gasteiger partial charge is 0.472 e. The van der Waals surface area contributed by atoms with E-state index in [2.05, 4.69) is 0 Å². The van der Waals surface area contributed by atoms with Crippen molar-refractivity contribution in [2.45, 2.75) is 19.4 Å². The molecule has 0 radical (unpaired) electrons. The van der Waals surface area contributed by atoms with Crippen molar-refractivity contribution in [3.63, 3.8) is 0 Å². The van der Waals surface area contributed by atoms with Crippen LogP contribution in [-0.2, 0) is 11.3 Å². The third-order valence-electron chi connectivity index (χ3n) is 4.58. The Morgan fingerprint density at radius 3 is 2.68 bits per heavy atom. The maximum atomic E-state index is 12.7. The van der Waals surface area contributed by atoms with E-state index in [4.69, 9.17) is 16.0 Å². The highest BCUT2D eigenvalue weighted by Crippen LogP contribution is 2.22. The molecule has 3 rings (SSSR count). The van der Waals surface area contributed by atoms with Crippen LogP contribution in [0.2, 0.25) is 5.02 Å². The molecule has 6 heteroatoms. The van der Waals surface area contributed by atoms with Gasteiger partial charge in [0, 0.05) is 37.6 Å². The summed E-state index contributed by atoms with van der Waals surface area (Å²) in [6.45, 7) is 1.71. The molecule has 0 N–H and O–H groups in total. The van der Waals surface area contributed by atoms with Crippen molar-refractivity contribution in [3.8, 4) is 0 Å². The molecule has 0 bridgehead atoms. The third kappa shape index (κ3) is 4.23. The SMILES string of the molecule is CN(Cc1cccc(Cl)c1)C(=O)C1CCN(C(=O)c2ccoc2)CC1. The van der Waals surface area contributed by atoms with E-state index in [0.717, 1.165) is 5.56 Å². The molecule has 2 heterocycles. The molecular formula is C19H21ClN2O3. The topological polar surface area (TPSA) is 53.8 Å². The standard InChI is InChI=1S/C19H21ClN2O3/c1-21(12-14-3-2-4-17(20)11-14)18(23)15-5-8-22(9-6-15)19(24)16-7-10-25-13-16/h2-4,7,10-11,13,15H,5-6,8-9,12H2,1H3. The van der Waals surface area contributed by atoms with E-state index in [0.29, 0.717) is 43.1 Å². The van der Waals surface area contributed by atoms with Crippen molar-refractivity contribution in [2.75, 3.05) is 20.1 Å². The van der Waals surface area contributed by atoms with Crippen LogP contribution in [0.4, 0.5) is 0 Å². The highest BCUT2D eigenvalue weighted by atomic mass is 35.5. The van der Waals surface area contributed by atoms with E-state index in [9.17, 15) is 9.59 Å². The zero-order valence-corrected chi connectivity index (χ0v) is 14.9. The quantitative estimate of drug-likeness (QED) is 0.839. The van der Waals surface area contributed by atoms with Crippen LogP contribution in [0.5, 0.6) is 0 Å². The fourth-order valence-electron chi connectivity index (χ4n) is 3.20. The lowest BCUT2D eigenvalue weighted by molar-refractivity contribution is -0.136. The lowest BCUT2D eigenvalue weighted by Crippen LogP contribution is -2.43. The Morgan fingerprint density at radius 1 is 1.28 bits per heavy atom. The molecule has 0 unspecified atom stereocenters. The van der Waals surface area contributed by atoms with Crippen LogP contribution < -0.4 is 0 Å². The van der Waals surface area contributed by atoms with Gasteiger partial charge in [0.2, 0.25) is 5.91 Å². The number of hydrogen-bond acceptors (Lipinski definition) is 3. The third-order valence-corrected chi connectivity index (χ3v) is 4.82. The Kier molecular flexibility index (Phi) is 5.43. The first kappa shape index (κ1) is 17.5. The number of benzene rings is 1. The van der Waals surface area contributed by atoms with Crippen LogP contribution in [0.25, 0.3) is 0 Å². The van der Waals surface area contributed by atoms with Gasteiger partial charge >= 0.3 is 0 Å². The van der Waals surface area contributed by atoms with Gasteiger partial charge in [-0.1, -0.05) is 23.7 Å². The average Bonchev–Trinajstić information content (AvgIpc) is 3.15. The molecule has 25 heavy (non-hydrogen) atoms. The molecule has 1 aromatic heterocycles. The van der Waals surface area contributed by atoms with Gasteiger partial charge in [-0.25, -0.2) is 0 Å². The molecule has 1 saturated heterocycles. The average molecular weight is 361 g/mol. The van der Waals surface area contributed by atoms with Gasteiger partial charge in [-0.2, -0.15) is 0 Å². The molecular weight excluding hydrogens is 340 g/mol. The summed E-state index contributed by atoms with van der Waals surface area (Å²) in [5.74, 6) is 0.0416. The monoisotopic (exact) mass is 360 g/mol. The summed E-state index contributed by atoms with van der Waals surface area (Å²) in [5.41, 5.74) is 1.57. The first-order valence-corrected chi connectivity index (χ1v) is 8.73. The van der Waals surface area contributed by atoms with E-state index < -0.39 is 0 Å². The molecule has 1 aromatic carbocycles. The van der Waals surface area contributed by atoms with Gasteiger partial charge in [-0.15, -0.1) is 0 Å². The maximum absolute atomic E-state index is 12.7. The van der Waals surface area contributed by atoms with Gasteiger partial charge in [0.05, 0.1) is 11.8 Å². The van der Waals surface area contributed by atoms with Crippen molar-refractivity contribution in [3.05, 3.63) is 59.0 Å². The lowest BCUT2D eigenvalue weighted by Gasteiger charge is -2.33. The predicted octanol–water partition coefficient (Wildman–Crippen LogP) is 3.44. The second-order valence-corrected chi connectivity index (χ2v) is 6.84. The number of furan rings is 1. The highest BCUT2D eigenvalue weighted by Gasteiger charge is 2.29. The highest BCUT2D eigenvalue weighted by molar-refractivity contribution is 6.30. The number of hydrogen-bond donors (Lipinski definition) is 0. The van der Waals surface area contributed by atoms with Gasteiger partial charge in [0.1, 0.15) is 6.26 Å². The van der Waals surface area contributed by atoms with Crippen molar-refractivity contribution in [1.29, 1.82) is 0 Å². The number of amides is 2. The minimum Gasteiger partial charge on any atom is -0.472 e. The lowest BCUT2D eigenvalue weighted by atomic mass is 9.95. The van der Waals surface area contributed by atoms with Crippen molar-refractivity contribution in [2.24, 2.45) is 5.92 Å². The van der Waals surface area contributed by atoms with Gasteiger partial charge in [0.25, 0.3) is 5.91 Å². The molecule has 1 aliphatic rings. The minimum absolute atomic E-state index is 0.0352. The summed E-state index contributed by atoms with van der Waals surface area (Å²) in [7, 11) is 1.81. The molecule has 1 aliphatic heterocycles. The first-order chi connectivity index (χ1) is 12.0. The second kappa shape index (κ2) is 7.74. The number of piperidine rings is 1. The smallest absolute Gasteiger partial charge is 0.257 e. The van der Waals surface area contributed by atoms with Crippen LogP contribution >= 0.6 is 11.6 Å². The summed E-state index contributed by atoms with van der Waals surface area (Å²) in [6, 6.07) is 9.20. The van der Waals surface area contributed by atoms with Gasteiger partial charge in [-0.05, 0) is 36.6 Å². The zero-order valence-electron chi connectivity index (χ0n) is 14.2. The summed E-state index contributed by atoms with van der Waals surface area (Å²) in [5, 5.41) is 0.671. The number of likely N-dealkylation sites (tertiary alicyclic amines) is 1. The predicted molar refractivity (Wildman–Crippen MR) is 95.3 cm³/mol. The molecule has 0 aliphatic carbocycles. The van der Waals surface area contributed by atoms with Crippen LogP contribution in [0.1, 0.15) is 28.8 Å². The molecule has 132 valence electrons. The molecule has 2 amide bonds. The van der Waals surface area contributed by atoms with E-state index in [1.807, 2.05) is 31.3 Å². The molecule has 1 fully saturated rings. The van der Waals surface area contributed by atoms with Gasteiger partial charge in [0.15, 0.2) is 0 Å². The number of carbonyl (C=O) groups is 2. The maximum Gasteiger partial charge on any atom is 0.257 e. The minimum atomic E-state index is -0.0439. The summed E-state index contributed by atoms with van der Waals surface area (Å²) < 4.78 is 4.96. The van der Waals surface area contributed by atoms with E-state index >= 15 is 0 Å². The summed E-state index contributed by atoms with van der Waals surface area (Å²) >= 11 is 6.00. The van der Waals surface area contributed by atoms with Crippen molar-refractivity contribution in [1.82, 2.24) is 9.80 Å². The fraction of sp³-hybridized carbons (Fsp3) is 0.368. The van der Waals surface area contributed by atoms with E-state index in [1.54, 1.807) is 15.9 Å². The Hall–Kier alpha value is -2.27. The van der Waals surface area contributed by atoms with Crippen LogP contribution in [0, 0.1) is 5.92 Å². The van der Waals surface area contributed by atoms with Gasteiger partial charge < -0.3 is 14.2 Å². The molecule has 0 saturated carbocycles.